The van der Waals surface area contributed by atoms with E-state index in [4.69, 9.17) is 0 Å². The van der Waals surface area contributed by atoms with Gasteiger partial charge in [0.1, 0.15) is 0 Å². The predicted octanol–water partition coefficient (Wildman–Crippen LogP) is 3.75. The van der Waals surface area contributed by atoms with Gasteiger partial charge in [-0.15, -0.1) is 0 Å². The molecule has 1 aliphatic rings. The van der Waals surface area contributed by atoms with Gasteiger partial charge in [-0.25, -0.2) is 0 Å². The van der Waals surface area contributed by atoms with E-state index in [-0.39, 0.29) is 6.42 Å². The fraction of sp³-hybridized carbons (Fsp3) is 0.700. The molecule has 0 radical (unpaired) electrons. The third-order valence-electron chi connectivity index (χ3n) is 4.54. The Morgan fingerprint density at radius 1 is 1.09 bits per heavy atom. The Hall–Kier alpha value is -0.900. The highest BCUT2D eigenvalue weighted by atomic mass is 16.3. The van der Waals surface area contributed by atoms with Gasteiger partial charge in [0.15, 0.2) is 0 Å². The van der Waals surface area contributed by atoms with Gasteiger partial charge in [-0.3, -0.25) is 0 Å². The van der Waals surface area contributed by atoms with Gasteiger partial charge in [-0.05, 0) is 51.9 Å². The summed E-state index contributed by atoms with van der Waals surface area (Å²) in [6.45, 7) is 10.1. The Morgan fingerprint density at radius 2 is 1.70 bits per heavy atom. The van der Waals surface area contributed by atoms with Gasteiger partial charge in [0, 0.05) is 6.42 Å². The van der Waals surface area contributed by atoms with E-state index in [2.05, 4.69) is 26.8 Å². The SMILES string of the molecule is C/C1=C/[C@@H](O)C/C(C)=C/[C@H](O)C[C@@](C)(O)/C=C/[C@H](C(C)C)CC1. The first-order chi connectivity index (χ1) is 10.6. The van der Waals surface area contributed by atoms with Gasteiger partial charge in [-0.1, -0.05) is 49.3 Å². The van der Waals surface area contributed by atoms with Crippen molar-refractivity contribution in [2.75, 3.05) is 0 Å². The van der Waals surface area contributed by atoms with E-state index in [0.29, 0.717) is 18.3 Å². The summed E-state index contributed by atoms with van der Waals surface area (Å²) >= 11 is 0. The highest BCUT2D eigenvalue weighted by molar-refractivity contribution is 5.12. The minimum atomic E-state index is -1.03. The molecule has 0 aromatic heterocycles. The average molecular weight is 322 g/mol. The molecule has 0 unspecified atom stereocenters. The first-order valence-corrected chi connectivity index (χ1v) is 8.71. The number of rotatable bonds is 1. The monoisotopic (exact) mass is 322 g/mol. The summed E-state index contributed by atoms with van der Waals surface area (Å²) in [5.41, 5.74) is 1.09. The lowest BCUT2D eigenvalue weighted by molar-refractivity contribution is 0.0564. The molecule has 3 N–H and O–H groups in total. The van der Waals surface area contributed by atoms with Crippen LogP contribution in [0.5, 0.6) is 0 Å². The Balaban J connectivity index is 3.05. The van der Waals surface area contributed by atoms with Crippen LogP contribution in [0.4, 0.5) is 0 Å². The second-order valence-electron chi connectivity index (χ2n) is 7.73. The van der Waals surface area contributed by atoms with Crippen molar-refractivity contribution < 1.29 is 15.3 Å². The van der Waals surface area contributed by atoms with Crippen LogP contribution in [0, 0.1) is 11.8 Å². The maximum atomic E-state index is 10.5. The van der Waals surface area contributed by atoms with E-state index < -0.39 is 17.8 Å². The van der Waals surface area contributed by atoms with E-state index >= 15 is 0 Å². The molecule has 1 rings (SSSR count). The molecular weight excluding hydrogens is 288 g/mol. The molecule has 0 aromatic rings. The van der Waals surface area contributed by atoms with Crippen molar-refractivity contribution in [1.29, 1.82) is 0 Å². The molecule has 4 atom stereocenters. The fourth-order valence-corrected chi connectivity index (χ4v) is 3.12. The number of allylic oxidation sites excluding steroid dienone is 2. The Bertz CT molecular complexity index is 458. The lowest BCUT2D eigenvalue weighted by Crippen LogP contribution is -2.27. The van der Waals surface area contributed by atoms with Crippen LogP contribution in [0.1, 0.15) is 60.3 Å². The van der Waals surface area contributed by atoms with Gasteiger partial charge < -0.3 is 15.3 Å². The first-order valence-electron chi connectivity index (χ1n) is 8.71. The average Bonchev–Trinajstić information content (AvgIpc) is 2.35. The van der Waals surface area contributed by atoms with Gasteiger partial charge in [0.25, 0.3) is 0 Å². The van der Waals surface area contributed by atoms with E-state index in [1.165, 1.54) is 5.57 Å². The van der Waals surface area contributed by atoms with Crippen LogP contribution in [-0.2, 0) is 0 Å². The van der Waals surface area contributed by atoms with Crippen molar-refractivity contribution in [1.82, 2.24) is 0 Å². The highest BCUT2D eigenvalue weighted by Crippen LogP contribution is 2.25. The van der Waals surface area contributed by atoms with Crippen LogP contribution >= 0.6 is 0 Å². The summed E-state index contributed by atoms with van der Waals surface area (Å²) in [4.78, 5) is 0. The van der Waals surface area contributed by atoms with Crippen LogP contribution in [0.2, 0.25) is 0 Å². The first kappa shape index (κ1) is 20.1. The molecule has 0 spiro atoms. The van der Waals surface area contributed by atoms with Crippen LogP contribution in [0.3, 0.4) is 0 Å². The summed E-state index contributed by atoms with van der Waals surface area (Å²) in [5, 5.41) is 30.8. The third-order valence-corrected chi connectivity index (χ3v) is 4.54. The zero-order chi connectivity index (χ0) is 17.6. The van der Waals surface area contributed by atoms with Gasteiger partial charge in [0.2, 0.25) is 0 Å². The summed E-state index contributed by atoms with van der Waals surface area (Å²) in [7, 11) is 0. The highest BCUT2D eigenvalue weighted by Gasteiger charge is 2.22. The van der Waals surface area contributed by atoms with Crippen LogP contribution in [-0.4, -0.2) is 33.1 Å². The number of aliphatic hydroxyl groups is 3. The van der Waals surface area contributed by atoms with Crippen LogP contribution < -0.4 is 0 Å². The largest absolute Gasteiger partial charge is 0.389 e. The maximum absolute atomic E-state index is 10.5. The predicted molar refractivity (Wildman–Crippen MR) is 96.1 cm³/mol. The second-order valence-corrected chi connectivity index (χ2v) is 7.73. The van der Waals surface area contributed by atoms with Gasteiger partial charge in [-0.2, -0.15) is 0 Å². The summed E-state index contributed by atoms with van der Waals surface area (Å²) in [6.07, 6.45) is 9.06. The molecule has 0 fully saturated rings. The topological polar surface area (TPSA) is 60.7 Å². The Morgan fingerprint density at radius 3 is 2.30 bits per heavy atom. The molecule has 0 saturated heterocycles. The fourth-order valence-electron chi connectivity index (χ4n) is 3.12. The van der Waals surface area contributed by atoms with Crippen molar-refractivity contribution in [3.63, 3.8) is 0 Å². The molecule has 0 aromatic carbocycles. The third kappa shape index (κ3) is 7.96. The van der Waals surface area contributed by atoms with E-state index in [1.54, 1.807) is 13.0 Å². The molecular formula is C20H34O3. The molecule has 3 nitrogen and oxygen atoms in total. The lowest BCUT2D eigenvalue weighted by Gasteiger charge is -2.24. The molecule has 0 bridgehead atoms. The molecule has 0 aliphatic heterocycles. The minimum absolute atomic E-state index is 0.261. The summed E-state index contributed by atoms with van der Waals surface area (Å²) in [6, 6.07) is 0. The van der Waals surface area contributed by atoms with E-state index in [1.807, 2.05) is 19.1 Å². The smallest absolute Gasteiger partial charge is 0.0827 e. The van der Waals surface area contributed by atoms with Crippen molar-refractivity contribution in [2.24, 2.45) is 11.8 Å². The van der Waals surface area contributed by atoms with Crippen LogP contribution in [0.25, 0.3) is 0 Å². The molecule has 23 heavy (non-hydrogen) atoms. The Labute approximate surface area is 141 Å². The quantitative estimate of drug-likeness (QED) is 0.644. The van der Waals surface area contributed by atoms with E-state index in [9.17, 15) is 15.3 Å². The van der Waals surface area contributed by atoms with Crippen molar-refractivity contribution in [3.05, 3.63) is 35.5 Å². The van der Waals surface area contributed by atoms with Crippen molar-refractivity contribution >= 4 is 0 Å². The molecule has 3 heteroatoms. The van der Waals surface area contributed by atoms with Crippen molar-refractivity contribution in [3.8, 4) is 0 Å². The zero-order valence-electron chi connectivity index (χ0n) is 15.3. The second kappa shape index (κ2) is 8.81. The Kier molecular flexibility index (Phi) is 7.72. The van der Waals surface area contributed by atoms with Gasteiger partial charge in [0.05, 0.1) is 17.8 Å². The molecule has 1 aliphatic carbocycles. The molecule has 0 saturated carbocycles. The zero-order valence-corrected chi connectivity index (χ0v) is 15.3. The van der Waals surface area contributed by atoms with Crippen molar-refractivity contribution in [2.45, 2.75) is 78.1 Å². The summed E-state index contributed by atoms with van der Waals surface area (Å²) < 4.78 is 0. The van der Waals surface area contributed by atoms with Crippen LogP contribution in [0.15, 0.2) is 35.5 Å². The number of hydrogen-bond donors (Lipinski definition) is 3. The summed E-state index contributed by atoms with van der Waals surface area (Å²) in [5.74, 6) is 0.860. The number of hydrogen-bond acceptors (Lipinski definition) is 3. The molecule has 132 valence electrons. The van der Waals surface area contributed by atoms with E-state index in [0.717, 1.165) is 18.4 Å². The van der Waals surface area contributed by atoms with Gasteiger partial charge >= 0.3 is 0 Å². The lowest BCUT2D eigenvalue weighted by atomic mass is 9.86. The minimum Gasteiger partial charge on any atom is -0.389 e. The number of aliphatic hydroxyl groups excluding tert-OH is 2. The standard InChI is InChI=1S/C20H34O3/c1-14(2)17-7-6-15(3)10-18(21)11-16(4)12-19(22)13-20(5,23)9-8-17/h8-10,12,14,17-19,21-23H,6-7,11,13H2,1-5H3/b9-8+,15-10-,16-12+/t17-,18-,19+,20+/m1/s1. The molecule has 0 heterocycles. The molecule has 0 amide bonds. The normalized spacial score (nSPS) is 40.7. The maximum Gasteiger partial charge on any atom is 0.0827 e.